The van der Waals surface area contributed by atoms with Crippen molar-refractivity contribution in [2.45, 2.75) is 13.0 Å². The van der Waals surface area contributed by atoms with E-state index in [4.69, 9.17) is 9.15 Å². The van der Waals surface area contributed by atoms with Crippen LogP contribution in [0.5, 0.6) is 5.75 Å². The normalized spacial score (nSPS) is 13.7. The molecule has 0 aliphatic carbocycles. The van der Waals surface area contributed by atoms with Crippen LogP contribution in [0.1, 0.15) is 11.5 Å². The van der Waals surface area contributed by atoms with E-state index in [1.807, 2.05) is 36.4 Å². The van der Waals surface area contributed by atoms with Crippen molar-refractivity contribution in [1.29, 1.82) is 0 Å². The number of nitrogens with zero attached hydrogens (tertiary/aromatic N) is 3. The molecule has 2 aromatic heterocycles. The van der Waals surface area contributed by atoms with Gasteiger partial charge in [0.15, 0.2) is 0 Å². The molecule has 0 radical (unpaired) electrons. The lowest BCUT2D eigenvalue weighted by Crippen LogP contribution is -2.30. The van der Waals surface area contributed by atoms with Gasteiger partial charge in [-0.25, -0.2) is 4.98 Å². The van der Waals surface area contributed by atoms with E-state index in [2.05, 4.69) is 20.9 Å². The van der Waals surface area contributed by atoms with Gasteiger partial charge in [-0.3, -0.25) is 4.98 Å². The van der Waals surface area contributed by atoms with Crippen LogP contribution in [0.25, 0.3) is 11.6 Å². The van der Waals surface area contributed by atoms with Gasteiger partial charge in [0.1, 0.15) is 22.9 Å². The highest BCUT2D eigenvalue weighted by molar-refractivity contribution is 5.59. The number of benzene rings is 1. The fourth-order valence-electron chi connectivity index (χ4n) is 2.89. The summed E-state index contributed by atoms with van der Waals surface area (Å²) in [6.45, 7) is 1.59. The standard InChI is InChI=1S/C18H17N3O2/c1-22-17-8-3-2-7-15(17)21-11-9-16-14(12-21)20-18(23-16)13-6-4-5-10-19-13/h2-8,10H,9,11-12H2,1H3. The molecule has 1 aromatic carbocycles. The summed E-state index contributed by atoms with van der Waals surface area (Å²) in [6, 6.07) is 13.8. The maximum Gasteiger partial charge on any atom is 0.245 e. The van der Waals surface area contributed by atoms with Crippen molar-refractivity contribution >= 4 is 5.69 Å². The van der Waals surface area contributed by atoms with E-state index in [9.17, 15) is 0 Å². The van der Waals surface area contributed by atoms with Gasteiger partial charge in [-0.05, 0) is 24.3 Å². The number of hydrogen-bond donors (Lipinski definition) is 0. The molecule has 116 valence electrons. The van der Waals surface area contributed by atoms with Crippen LogP contribution in [-0.4, -0.2) is 23.6 Å². The first-order valence-electron chi connectivity index (χ1n) is 7.63. The fourth-order valence-corrected chi connectivity index (χ4v) is 2.89. The van der Waals surface area contributed by atoms with Crippen molar-refractivity contribution < 1.29 is 9.15 Å². The number of aromatic nitrogens is 2. The lowest BCUT2D eigenvalue weighted by molar-refractivity contribution is 0.413. The number of oxazole rings is 1. The Labute approximate surface area is 134 Å². The first kappa shape index (κ1) is 13.8. The Hall–Kier alpha value is -2.82. The number of methoxy groups -OCH3 is 1. The maximum atomic E-state index is 5.90. The Morgan fingerprint density at radius 1 is 1.13 bits per heavy atom. The molecule has 5 nitrogen and oxygen atoms in total. The summed E-state index contributed by atoms with van der Waals surface area (Å²) in [4.78, 5) is 11.2. The third-order valence-electron chi connectivity index (χ3n) is 4.04. The molecule has 4 rings (SSSR count). The minimum atomic E-state index is 0.595. The summed E-state index contributed by atoms with van der Waals surface area (Å²) in [5.41, 5.74) is 2.83. The number of hydrogen-bond acceptors (Lipinski definition) is 5. The van der Waals surface area contributed by atoms with Crippen LogP contribution in [0.2, 0.25) is 0 Å². The second kappa shape index (κ2) is 5.76. The van der Waals surface area contributed by atoms with Gasteiger partial charge in [0.05, 0.1) is 19.3 Å². The highest BCUT2D eigenvalue weighted by atomic mass is 16.5. The molecule has 1 aliphatic heterocycles. The van der Waals surface area contributed by atoms with Gasteiger partial charge < -0.3 is 14.1 Å². The van der Waals surface area contributed by atoms with Gasteiger partial charge in [-0.1, -0.05) is 18.2 Å². The summed E-state index contributed by atoms with van der Waals surface area (Å²) in [5, 5.41) is 0. The third kappa shape index (κ3) is 2.54. The zero-order chi connectivity index (χ0) is 15.6. The van der Waals surface area contributed by atoms with Gasteiger partial charge in [-0.2, -0.15) is 0 Å². The van der Waals surface area contributed by atoms with E-state index >= 15 is 0 Å². The lowest BCUT2D eigenvalue weighted by Gasteiger charge is -2.28. The zero-order valence-corrected chi connectivity index (χ0v) is 12.9. The molecule has 3 heterocycles. The van der Waals surface area contributed by atoms with Crippen LogP contribution in [0.4, 0.5) is 5.69 Å². The van der Waals surface area contributed by atoms with Crippen molar-refractivity contribution in [3.8, 4) is 17.3 Å². The summed E-state index contributed by atoms with van der Waals surface area (Å²) in [6.07, 6.45) is 2.58. The van der Waals surface area contributed by atoms with E-state index in [0.717, 1.165) is 41.6 Å². The van der Waals surface area contributed by atoms with E-state index in [1.54, 1.807) is 13.3 Å². The van der Waals surface area contributed by atoms with Gasteiger partial charge in [0.25, 0.3) is 0 Å². The van der Waals surface area contributed by atoms with Crippen molar-refractivity contribution in [3.63, 3.8) is 0 Å². The fraction of sp³-hybridized carbons (Fsp3) is 0.222. The van der Waals surface area contributed by atoms with Gasteiger partial charge in [-0.15, -0.1) is 0 Å². The van der Waals surface area contributed by atoms with Crippen LogP contribution < -0.4 is 9.64 Å². The molecule has 0 N–H and O–H groups in total. The van der Waals surface area contributed by atoms with E-state index in [1.165, 1.54) is 0 Å². The number of para-hydroxylation sites is 2. The molecule has 0 saturated carbocycles. The van der Waals surface area contributed by atoms with Gasteiger partial charge in [0.2, 0.25) is 5.89 Å². The third-order valence-corrected chi connectivity index (χ3v) is 4.04. The first-order valence-corrected chi connectivity index (χ1v) is 7.63. The average Bonchev–Trinajstić information content (AvgIpc) is 3.05. The quantitative estimate of drug-likeness (QED) is 0.743. The molecule has 5 heteroatoms. The molecule has 0 bridgehead atoms. The highest BCUT2D eigenvalue weighted by Crippen LogP contribution is 2.32. The van der Waals surface area contributed by atoms with E-state index < -0.39 is 0 Å². The molecule has 0 spiro atoms. The minimum absolute atomic E-state index is 0.595. The minimum Gasteiger partial charge on any atom is -0.495 e. The molecular formula is C18H17N3O2. The van der Waals surface area contributed by atoms with Crippen LogP contribution in [0.3, 0.4) is 0 Å². The SMILES string of the molecule is COc1ccccc1N1CCc2oc(-c3ccccn3)nc2C1. The maximum absolute atomic E-state index is 5.90. The summed E-state index contributed by atoms with van der Waals surface area (Å²) in [7, 11) is 1.70. The Morgan fingerprint density at radius 2 is 2.00 bits per heavy atom. The van der Waals surface area contributed by atoms with Crippen LogP contribution in [0, 0.1) is 0 Å². The molecule has 3 aromatic rings. The molecule has 23 heavy (non-hydrogen) atoms. The first-order chi connectivity index (χ1) is 11.3. The monoisotopic (exact) mass is 307 g/mol. The summed E-state index contributed by atoms with van der Waals surface area (Å²) >= 11 is 0. The second-order valence-corrected chi connectivity index (χ2v) is 5.45. The zero-order valence-electron chi connectivity index (χ0n) is 12.9. The Bertz CT molecular complexity index is 814. The predicted octanol–water partition coefficient (Wildman–Crippen LogP) is 3.31. The smallest absolute Gasteiger partial charge is 0.245 e. The molecule has 0 amide bonds. The number of pyridine rings is 1. The molecule has 0 fully saturated rings. The average molecular weight is 307 g/mol. The number of anilines is 1. The predicted molar refractivity (Wildman–Crippen MR) is 87.5 cm³/mol. The summed E-state index contributed by atoms with van der Waals surface area (Å²) < 4.78 is 11.4. The van der Waals surface area contributed by atoms with E-state index in [-0.39, 0.29) is 0 Å². The summed E-state index contributed by atoms with van der Waals surface area (Å²) in [5.74, 6) is 2.43. The molecular weight excluding hydrogens is 290 g/mol. The van der Waals surface area contributed by atoms with Crippen LogP contribution in [0.15, 0.2) is 53.1 Å². The van der Waals surface area contributed by atoms with E-state index in [0.29, 0.717) is 12.4 Å². The Balaban J connectivity index is 1.64. The number of rotatable bonds is 3. The molecule has 0 unspecified atom stereocenters. The Kier molecular flexibility index (Phi) is 3.46. The molecule has 0 saturated heterocycles. The van der Waals surface area contributed by atoms with Crippen molar-refractivity contribution in [1.82, 2.24) is 9.97 Å². The molecule has 0 atom stereocenters. The van der Waals surface area contributed by atoms with Crippen molar-refractivity contribution in [2.24, 2.45) is 0 Å². The second-order valence-electron chi connectivity index (χ2n) is 5.45. The van der Waals surface area contributed by atoms with Gasteiger partial charge >= 0.3 is 0 Å². The number of ether oxygens (including phenoxy) is 1. The topological polar surface area (TPSA) is 51.4 Å². The van der Waals surface area contributed by atoms with Crippen molar-refractivity contribution in [3.05, 3.63) is 60.1 Å². The lowest BCUT2D eigenvalue weighted by atomic mass is 10.1. The van der Waals surface area contributed by atoms with Crippen LogP contribution >= 0.6 is 0 Å². The van der Waals surface area contributed by atoms with Crippen LogP contribution in [-0.2, 0) is 13.0 Å². The molecule has 1 aliphatic rings. The number of fused-ring (bicyclic) bond motifs is 1. The van der Waals surface area contributed by atoms with Gasteiger partial charge in [0, 0.05) is 19.2 Å². The van der Waals surface area contributed by atoms with Crippen molar-refractivity contribution in [2.75, 3.05) is 18.6 Å². The largest absolute Gasteiger partial charge is 0.495 e. The Morgan fingerprint density at radius 3 is 2.83 bits per heavy atom. The highest BCUT2D eigenvalue weighted by Gasteiger charge is 2.24.